The molecular formula is C21H17NO. The van der Waals surface area contributed by atoms with Gasteiger partial charge in [0.25, 0.3) is 0 Å². The quantitative estimate of drug-likeness (QED) is 0.423. The van der Waals surface area contributed by atoms with Crippen LogP contribution in [-0.4, -0.2) is 4.98 Å². The first kappa shape index (κ1) is 10.2. The predicted molar refractivity (Wildman–Crippen MR) is 93.8 cm³/mol. The Labute approximate surface area is 139 Å². The van der Waals surface area contributed by atoms with Crippen LogP contribution in [0.4, 0.5) is 0 Å². The molecular weight excluding hydrogens is 282 g/mol. The summed E-state index contributed by atoms with van der Waals surface area (Å²) >= 11 is 0. The van der Waals surface area contributed by atoms with E-state index in [0.29, 0.717) is 0 Å². The van der Waals surface area contributed by atoms with Gasteiger partial charge in [0, 0.05) is 32.1 Å². The minimum Gasteiger partial charge on any atom is -0.456 e. The third-order valence-electron chi connectivity index (χ3n) is 5.01. The summed E-state index contributed by atoms with van der Waals surface area (Å²) < 4.78 is 29.4. The fraction of sp³-hybridized carbons (Fsp3) is 0.190. The van der Waals surface area contributed by atoms with Gasteiger partial charge in [-0.1, -0.05) is 44.2 Å². The number of hydrogen-bond acceptors (Lipinski definition) is 2. The summed E-state index contributed by atoms with van der Waals surface area (Å²) in [5.41, 5.74) is 5.43. The third kappa shape index (κ3) is 1.51. The van der Waals surface area contributed by atoms with Crippen molar-refractivity contribution in [2.24, 2.45) is 0 Å². The van der Waals surface area contributed by atoms with Crippen LogP contribution in [0, 0.1) is 6.85 Å². The molecule has 1 aliphatic rings. The van der Waals surface area contributed by atoms with E-state index in [0.717, 1.165) is 44.3 Å². The summed E-state index contributed by atoms with van der Waals surface area (Å²) in [4.78, 5) is 4.61. The Hall–Kier alpha value is -2.61. The van der Waals surface area contributed by atoms with Crippen LogP contribution < -0.4 is 0 Å². The molecule has 2 nitrogen and oxygen atoms in total. The summed E-state index contributed by atoms with van der Waals surface area (Å²) in [5, 5.41) is 2.15. The first-order valence-electron chi connectivity index (χ1n) is 9.24. The molecule has 0 unspecified atom stereocenters. The standard InChI is InChI=1S/C21H17NO/c1-12-10-15-20(22-11-12)13-6-4-8-16-18(13)19-14(21(15,2)3)7-5-9-17(19)23-16/h4-11H,1-3H3/i1D3. The molecule has 0 saturated heterocycles. The lowest BCUT2D eigenvalue weighted by Crippen LogP contribution is -2.20. The highest BCUT2D eigenvalue weighted by molar-refractivity contribution is 6.15. The van der Waals surface area contributed by atoms with Gasteiger partial charge < -0.3 is 4.42 Å². The van der Waals surface area contributed by atoms with Crippen molar-refractivity contribution in [3.63, 3.8) is 0 Å². The molecule has 0 spiro atoms. The normalized spacial score (nSPS) is 17.6. The van der Waals surface area contributed by atoms with Gasteiger partial charge in [0.1, 0.15) is 11.2 Å². The molecule has 0 aliphatic heterocycles. The number of aromatic nitrogens is 1. The molecule has 1 aliphatic carbocycles. The number of rotatable bonds is 0. The van der Waals surface area contributed by atoms with Crippen molar-refractivity contribution in [1.29, 1.82) is 0 Å². The Balaban J connectivity index is 2.01. The van der Waals surface area contributed by atoms with E-state index in [1.807, 2.05) is 30.3 Å². The zero-order chi connectivity index (χ0) is 18.3. The van der Waals surface area contributed by atoms with Crippen molar-refractivity contribution in [3.8, 4) is 11.3 Å². The number of fused-ring (bicyclic) bond motifs is 2. The number of benzene rings is 2. The highest BCUT2D eigenvalue weighted by atomic mass is 16.3. The molecule has 4 aromatic rings. The summed E-state index contributed by atoms with van der Waals surface area (Å²) in [7, 11) is 0. The average molecular weight is 302 g/mol. The van der Waals surface area contributed by atoms with Gasteiger partial charge in [-0.25, -0.2) is 0 Å². The van der Waals surface area contributed by atoms with Crippen molar-refractivity contribution >= 4 is 21.9 Å². The van der Waals surface area contributed by atoms with E-state index in [2.05, 4.69) is 24.9 Å². The maximum Gasteiger partial charge on any atom is 0.136 e. The van der Waals surface area contributed by atoms with Gasteiger partial charge in [-0.3, -0.25) is 4.98 Å². The highest BCUT2D eigenvalue weighted by Crippen LogP contribution is 2.48. The number of nitrogens with zero attached hydrogens (tertiary/aromatic N) is 1. The summed E-state index contributed by atoms with van der Waals surface area (Å²) in [5.74, 6) is 0. The van der Waals surface area contributed by atoms with E-state index < -0.39 is 12.3 Å². The lowest BCUT2D eigenvalue weighted by molar-refractivity contribution is 0.640. The van der Waals surface area contributed by atoms with Crippen LogP contribution in [0.1, 0.15) is 34.7 Å². The van der Waals surface area contributed by atoms with Crippen molar-refractivity contribution in [3.05, 3.63) is 65.4 Å². The lowest BCUT2D eigenvalue weighted by Gasteiger charge is -2.27. The maximum absolute atomic E-state index is 7.78. The molecule has 2 heteroatoms. The number of pyridine rings is 1. The van der Waals surface area contributed by atoms with Crippen LogP contribution in [0.2, 0.25) is 0 Å². The minimum atomic E-state index is -2.18. The number of hydrogen-bond donors (Lipinski definition) is 0. The Bertz CT molecular complexity index is 1200. The molecule has 5 rings (SSSR count). The van der Waals surface area contributed by atoms with Gasteiger partial charge >= 0.3 is 0 Å². The van der Waals surface area contributed by atoms with Crippen LogP contribution in [0.25, 0.3) is 33.2 Å². The largest absolute Gasteiger partial charge is 0.456 e. The van der Waals surface area contributed by atoms with Crippen LogP contribution in [0.3, 0.4) is 0 Å². The SMILES string of the molecule is [2H]C([2H])([2H])c1cnc2c(c1)C(C)(C)c1cccc3oc4cccc-2c4c13. The van der Waals surface area contributed by atoms with Gasteiger partial charge in [0.05, 0.1) is 5.69 Å². The van der Waals surface area contributed by atoms with Crippen molar-refractivity contribution in [2.75, 3.05) is 0 Å². The highest BCUT2D eigenvalue weighted by Gasteiger charge is 2.34. The molecule has 0 fully saturated rings. The molecule has 0 radical (unpaired) electrons. The summed E-state index contributed by atoms with van der Waals surface area (Å²) in [6, 6.07) is 13.8. The molecule has 0 N–H and O–H groups in total. The summed E-state index contributed by atoms with van der Waals surface area (Å²) in [6.45, 7) is 2.06. The summed E-state index contributed by atoms with van der Waals surface area (Å²) in [6.07, 6.45) is 1.48. The van der Waals surface area contributed by atoms with E-state index >= 15 is 0 Å². The predicted octanol–water partition coefficient (Wildman–Crippen LogP) is 5.60. The molecule has 2 aromatic heterocycles. The molecule has 2 heterocycles. The third-order valence-corrected chi connectivity index (χ3v) is 5.01. The fourth-order valence-electron chi connectivity index (χ4n) is 3.89. The van der Waals surface area contributed by atoms with E-state index in [1.54, 1.807) is 6.07 Å². The smallest absolute Gasteiger partial charge is 0.136 e. The molecule has 0 atom stereocenters. The monoisotopic (exact) mass is 302 g/mol. The second kappa shape index (κ2) is 4.02. The Kier molecular flexibility index (Phi) is 1.79. The average Bonchev–Trinajstić information content (AvgIpc) is 2.95. The molecule has 2 aromatic carbocycles. The number of aryl methyl sites for hydroxylation is 1. The van der Waals surface area contributed by atoms with Gasteiger partial charge in [0.15, 0.2) is 0 Å². The minimum absolute atomic E-state index is 0.273. The first-order chi connectivity index (χ1) is 12.3. The topological polar surface area (TPSA) is 26.0 Å². The fourth-order valence-corrected chi connectivity index (χ4v) is 3.89. The van der Waals surface area contributed by atoms with Crippen molar-refractivity contribution in [2.45, 2.75) is 26.1 Å². The Morgan fingerprint density at radius 3 is 2.61 bits per heavy atom. The lowest BCUT2D eigenvalue weighted by atomic mass is 9.76. The Morgan fingerprint density at radius 1 is 1.00 bits per heavy atom. The van der Waals surface area contributed by atoms with Crippen LogP contribution in [-0.2, 0) is 5.41 Å². The van der Waals surface area contributed by atoms with Gasteiger partial charge in [-0.15, -0.1) is 0 Å². The van der Waals surface area contributed by atoms with E-state index in [4.69, 9.17) is 8.53 Å². The van der Waals surface area contributed by atoms with Crippen LogP contribution >= 0.6 is 0 Å². The van der Waals surface area contributed by atoms with Gasteiger partial charge in [0.2, 0.25) is 0 Å². The van der Waals surface area contributed by atoms with E-state index in [9.17, 15) is 0 Å². The van der Waals surface area contributed by atoms with Gasteiger partial charge in [-0.2, -0.15) is 0 Å². The number of furan rings is 1. The maximum atomic E-state index is 7.78. The molecule has 112 valence electrons. The van der Waals surface area contributed by atoms with Crippen molar-refractivity contribution in [1.82, 2.24) is 4.98 Å². The Morgan fingerprint density at radius 2 is 1.78 bits per heavy atom. The van der Waals surface area contributed by atoms with Gasteiger partial charge in [-0.05, 0) is 35.7 Å². The zero-order valence-corrected chi connectivity index (χ0v) is 13.0. The molecule has 0 amide bonds. The van der Waals surface area contributed by atoms with Crippen molar-refractivity contribution < 1.29 is 8.53 Å². The second-order valence-electron chi connectivity index (χ2n) is 6.70. The van der Waals surface area contributed by atoms with E-state index in [-0.39, 0.29) is 5.56 Å². The second-order valence-corrected chi connectivity index (χ2v) is 6.70. The zero-order valence-electron chi connectivity index (χ0n) is 16.0. The first-order valence-corrected chi connectivity index (χ1v) is 7.74. The molecule has 0 saturated carbocycles. The van der Waals surface area contributed by atoms with Crippen LogP contribution in [0.5, 0.6) is 0 Å². The molecule has 0 bridgehead atoms. The molecule has 23 heavy (non-hydrogen) atoms. The van der Waals surface area contributed by atoms with E-state index in [1.165, 1.54) is 6.20 Å². The van der Waals surface area contributed by atoms with Crippen LogP contribution in [0.15, 0.2) is 53.1 Å².